The molecule has 0 spiro atoms. The van der Waals surface area contributed by atoms with E-state index in [9.17, 15) is 18.4 Å². The zero-order chi connectivity index (χ0) is 19.0. The van der Waals surface area contributed by atoms with Crippen molar-refractivity contribution in [3.63, 3.8) is 0 Å². The van der Waals surface area contributed by atoms with Crippen molar-refractivity contribution in [2.24, 2.45) is 0 Å². The monoisotopic (exact) mass is 366 g/mol. The van der Waals surface area contributed by atoms with Crippen LogP contribution in [0.25, 0.3) is 17.4 Å². The maximum absolute atomic E-state index is 13.9. The summed E-state index contributed by atoms with van der Waals surface area (Å²) in [7, 11) is 0. The molecule has 0 atom stereocenters. The minimum absolute atomic E-state index is 0.0779. The number of halogens is 2. The Morgan fingerprint density at radius 1 is 0.963 bits per heavy atom. The highest BCUT2D eigenvalue weighted by Crippen LogP contribution is 2.27. The Kier molecular flexibility index (Phi) is 4.04. The normalized spacial score (nSPS) is 15.5. The lowest BCUT2D eigenvalue weighted by Gasteiger charge is -2.13. The standard InChI is InChI=1S/C20H12F2N2O3/c21-12-6-8-15(17(22)10-12)18-9-7-14(27-18)11-16-19(25)23-24(20(16)26)13-4-2-1-3-5-13/h1-11H,(H,23,25)/b16-11-. The van der Waals surface area contributed by atoms with E-state index < -0.39 is 23.4 Å². The maximum Gasteiger partial charge on any atom is 0.282 e. The van der Waals surface area contributed by atoms with Gasteiger partial charge in [-0.25, -0.2) is 13.8 Å². The van der Waals surface area contributed by atoms with Gasteiger partial charge in [0.05, 0.1) is 11.3 Å². The van der Waals surface area contributed by atoms with Gasteiger partial charge in [-0.3, -0.25) is 15.0 Å². The number of hydrogen-bond acceptors (Lipinski definition) is 3. The number of furan rings is 1. The lowest BCUT2D eigenvalue weighted by molar-refractivity contribution is -0.117. The van der Waals surface area contributed by atoms with Crippen molar-refractivity contribution in [1.82, 2.24) is 5.43 Å². The van der Waals surface area contributed by atoms with Crippen LogP contribution in [0.2, 0.25) is 0 Å². The lowest BCUT2D eigenvalue weighted by atomic mass is 10.1. The van der Waals surface area contributed by atoms with Crippen molar-refractivity contribution in [1.29, 1.82) is 0 Å². The predicted molar refractivity (Wildman–Crippen MR) is 94.1 cm³/mol. The molecular formula is C20H12F2N2O3. The summed E-state index contributed by atoms with van der Waals surface area (Å²) >= 11 is 0. The Morgan fingerprint density at radius 2 is 1.74 bits per heavy atom. The molecule has 5 nitrogen and oxygen atoms in total. The molecule has 0 aliphatic carbocycles. The average Bonchev–Trinajstić information content (AvgIpc) is 3.22. The molecule has 2 amide bonds. The fourth-order valence-corrected chi connectivity index (χ4v) is 2.72. The molecule has 0 radical (unpaired) electrons. The second-order valence-electron chi connectivity index (χ2n) is 5.80. The third-order valence-electron chi connectivity index (χ3n) is 4.02. The number of rotatable bonds is 3. The number of benzene rings is 2. The summed E-state index contributed by atoms with van der Waals surface area (Å²) in [6, 6.07) is 14.7. The van der Waals surface area contributed by atoms with Crippen molar-refractivity contribution in [3.05, 3.63) is 83.6 Å². The summed E-state index contributed by atoms with van der Waals surface area (Å²) < 4.78 is 32.4. The molecule has 1 fully saturated rings. The van der Waals surface area contributed by atoms with Crippen LogP contribution in [0.1, 0.15) is 5.76 Å². The van der Waals surface area contributed by atoms with Gasteiger partial charge in [0.1, 0.15) is 28.7 Å². The van der Waals surface area contributed by atoms with Crippen LogP contribution in [0.5, 0.6) is 0 Å². The molecule has 134 valence electrons. The van der Waals surface area contributed by atoms with E-state index in [2.05, 4.69) is 5.43 Å². The smallest absolute Gasteiger partial charge is 0.282 e. The number of hydrazine groups is 1. The largest absolute Gasteiger partial charge is 0.457 e. The molecule has 2 aromatic carbocycles. The average molecular weight is 366 g/mol. The van der Waals surface area contributed by atoms with Crippen LogP contribution in [0.3, 0.4) is 0 Å². The van der Waals surface area contributed by atoms with Crippen LogP contribution in [-0.4, -0.2) is 11.8 Å². The first-order valence-corrected chi connectivity index (χ1v) is 8.00. The van der Waals surface area contributed by atoms with Crippen molar-refractivity contribution < 1.29 is 22.8 Å². The molecule has 27 heavy (non-hydrogen) atoms. The highest BCUT2D eigenvalue weighted by molar-refractivity contribution is 6.31. The van der Waals surface area contributed by atoms with E-state index in [-0.39, 0.29) is 22.7 Å². The summed E-state index contributed by atoms with van der Waals surface area (Å²) in [6.07, 6.45) is 1.28. The molecule has 1 aliphatic rings. The summed E-state index contributed by atoms with van der Waals surface area (Å²) in [5, 5.41) is 1.14. The molecule has 1 saturated heterocycles. The number of carbonyl (C=O) groups excluding carboxylic acids is 2. The fraction of sp³-hybridized carbons (Fsp3) is 0. The first-order chi connectivity index (χ1) is 13.0. The fourth-order valence-electron chi connectivity index (χ4n) is 2.72. The highest BCUT2D eigenvalue weighted by atomic mass is 19.1. The Labute approximate surface area is 152 Å². The zero-order valence-corrected chi connectivity index (χ0v) is 13.8. The number of nitrogens with one attached hydrogen (secondary N) is 1. The number of para-hydroxylation sites is 1. The third kappa shape index (κ3) is 3.10. The molecule has 0 unspecified atom stereocenters. The maximum atomic E-state index is 13.9. The number of carbonyl (C=O) groups is 2. The molecular weight excluding hydrogens is 354 g/mol. The summed E-state index contributed by atoms with van der Waals surface area (Å²) in [5.74, 6) is -2.22. The van der Waals surface area contributed by atoms with Gasteiger partial charge in [-0.2, -0.15) is 0 Å². The van der Waals surface area contributed by atoms with Crippen LogP contribution in [0.15, 0.2) is 70.7 Å². The lowest BCUT2D eigenvalue weighted by Crippen LogP contribution is -2.35. The topological polar surface area (TPSA) is 62.6 Å². The van der Waals surface area contributed by atoms with Gasteiger partial charge < -0.3 is 4.42 Å². The molecule has 3 aromatic rings. The molecule has 0 bridgehead atoms. The van der Waals surface area contributed by atoms with E-state index in [1.54, 1.807) is 30.3 Å². The first-order valence-electron chi connectivity index (χ1n) is 8.00. The first kappa shape index (κ1) is 16.7. The van der Waals surface area contributed by atoms with Crippen LogP contribution < -0.4 is 10.4 Å². The van der Waals surface area contributed by atoms with E-state index >= 15 is 0 Å². The summed E-state index contributed by atoms with van der Waals surface area (Å²) in [4.78, 5) is 24.7. The third-order valence-corrected chi connectivity index (χ3v) is 4.02. The van der Waals surface area contributed by atoms with Crippen molar-refractivity contribution in [2.75, 3.05) is 5.01 Å². The molecule has 1 aliphatic heterocycles. The molecule has 4 rings (SSSR count). The summed E-state index contributed by atoms with van der Waals surface area (Å²) in [6.45, 7) is 0. The Hall–Kier alpha value is -3.74. The van der Waals surface area contributed by atoms with Crippen molar-refractivity contribution >= 4 is 23.6 Å². The molecule has 2 heterocycles. The van der Waals surface area contributed by atoms with E-state index in [1.165, 1.54) is 24.3 Å². The predicted octanol–water partition coefficient (Wildman–Crippen LogP) is 3.69. The van der Waals surface area contributed by atoms with E-state index in [0.29, 0.717) is 5.69 Å². The van der Waals surface area contributed by atoms with Crippen molar-refractivity contribution in [3.8, 4) is 11.3 Å². The van der Waals surface area contributed by atoms with Gasteiger partial charge >= 0.3 is 0 Å². The van der Waals surface area contributed by atoms with Crippen LogP contribution in [0, 0.1) is 11.6 Å². The second-order valence-corrected chi connectivity index (χ2v) is 5.80. The Balaban J connectivity index is 1.63. The van der Waals surface area contributed by atoms with E-state index in [4.69, 9.17) is 4.42 Å². The van der Waals surface area contributed by atoms with Crippen LogP contribution in [0.4, 0.5) is 14.5 Å². The van der Waals surface area contributed by atoms with E-state index in [1.807, 2.05) is 0 Å². The van der Waals surface area contributed by atoms with Crippen LogP contribution in [-0.2, 0) is 9.59 Å². The molecule has 0 saturated carbocycles. The van der Waals surface area contributed by atoms with Crippen LogP contribution >= 0.6 is 0 Å². The molecule has 1 N–H and O–H groups in total. The quantitative estimate of drug-likeness (QED) is 0.568. The van der Waals surface area contributed by atoms with Gasteiger partial charge in [0.15, 0.2) is 0 Å². The number of anilines is 1. The van der Waals surface area contributed by atoms with E-state index in [0.717, 1.165) is 17.1 Å². The van der Waals surface area contributed by atoms with Gasteiger partial charge in [0.2, 0.25) is 0 Å². The van der Waals surface area contributed by atoms with Gasteiger partial charge in [-0.15, -0.1) is 0 Å². The van der Waals surface area contributed by atoms with Gasteiger partial charge in [0, 0.05) is 6.07 Å². The van der Waals surface area contributed by atoms with Gasteiger partial charge in [-0.1, -0.05) is 18.2 Å². The minimum Gasteiger partial charge on any atom is -0.457 e. The zero-order valence-electron chi connectivity index (χ0n) is 13.8. The number of amides is 2. The molecule has 1 aromatic heterocycles. The van der Waals surface area contributed by atoms with Crippen molar-refractivity contribution in [2.45, 2.75) is 0 Å². The summed E-state index contributed by atoms with van der Waals surface area (Å²) in [5.41, 5.74) is 2.96. The second kappa shape index (κ2) is 6.53. The number of hydrogen-bond donors (Lipinski definition) is 1. The number of nitrogens with zero attached hydrogens (tertiary/aromatic N) is 1. The SMILES string of the molecule is O=C1NN(c2ccccc2)C(=O)/C1=C\c1ccc(-c2ccc(F)cc2F)o1. The van der Waals surface area contributed by atoms with Gasteiger partial charge in [0.25, 0.3) is 11.8 Å². The Bertz CT molecular complexity index is 1070. The Morgan fingerprint density at radius 3 is 2.48 bits per heavy atom. The van der Waals surface area contributed by atoms with Gasteiger partial charge in [-0.05, 0) is 42.5 Å². The molecule has 7 heteroatoms. The highest BCUT2D eigenvalue weighted by Gasteiger charge is 2.34. The minimum atomic E-state index is -0.770.